The molecule has 0 aliphatic heterocycles. The monoisotopic (exact) mass is 320 g/mol. The van der Waals surface area contributed by atoms with Gasteiger partial charge in [-0.2, -0.15) is 5.10 Å². The number of carbonyl (C=O) groups excluding carboxylic acids is 1. The van der Waals surface area contributed by atoms with E-state index >= 15 is 0 Å². The molecule has 1 amide bonds. The van der Waals surface area contributed by atoms with Crippen molar-refractivity contribution in [2.24, 2.45) is 5.10 Å². The van der Waals surface area contributed by atoms with Gasteiger partial charge in [-0.1, -0.05) is 11.6 Å². The van der Waals surface area contributed by atoms with E-state index in [1.54, 1.807) is 39.0 Å². The number of hydrogen-bond donors (Lipinski definition) is 1. The van der Waals surface area contributed by atoms with Gasteiger partial charge in [-0.25, -0.2) is 10.2 Å². The number of nitrogens with zero attached hydrogens (tertiary/aromatic N) is 1. The standard InChI is InChI=1S/C16H17ClN2O3/c1-16(2,3)22-15(20)19-18-10-13-8-9-14(21-13)11-4-6-12(17)7-5-11/h4-10H,1-3H3,(H,19,20). The van der Waals surface area contributed by atoms with E-state index in [4.69, 9.17) is 20.8 Å². The van der Waals surface area contributed by atoms with Gasteiger partial charge in [0.1, 0.15) is 17.1 Å². The average Bonchev–Trinajstić information content (AvgIpc) is 2.86. The molecule has 1 heterocycles. The molecule has 0 saturated carbocycles. The lowest BCUT2D eigenvalue weighted by Crippen LogP contribution is -2.29. The molecule has 1 N–H and O–H groups in total. The van der Waals surface area contributed by atoms with E-state index in [0.717, 1.165) is 5.56 Å². The van der Waals surface area contributed by atoms with Crippen LogP contribution in [0.15, 0.2) is 45.9 Å². The lowest BCUT2D eigenvalue weighted by molar-refractivity contribution is 0.0529. The third-order valence-corrected chi connectivity index (χ3v) is 2.75. The molecular weight excluding hydrogens is 304 g/mol. The van der Waals surface area contributed by atoms with Gasteiger partial charge in [0, 0.05) is 10.6 Å². The van der Waals surface area contributed by atoms with Crippen LogP contribution in [-0.4, -0.2) is 17.9 Å². The van der Waals surface area contributed by atoms with Gasteiger partial charge in [-0.15, -0.1) is 0 Å². The summed E-state index contributed by atoms with van der Waals surface area (Å²) in [7, 11) is 0. The Morgan fingerprint density at radius 3 is 2.55 bits per heavy atom. The topological polar surface area (TPSA) is 63.8 Å². The van der Waals surface area contributed by atoms with Gasteiger partial charge in [0.25, 0.3) is 0 Å². The summed E-state index contributed by atoms with van der Waals surface area (Å²) in [6, 6.07) is 10.9. The van der Waals surface area contributed by atoms with Crippen molar-refractivity contribution in [1.29, 1.82) is 0 Å². The van der Waals surface area contributed by atoms with Crippen LogP contribution in [0.3, 0.4) is 0 Å². The van der Waals surface area contributed by atoms with Crippen molar-refractivity contribution in [1.82, 2.24) is 5.43 Å². The minimum Gasteiger partial charge on any atom is -0.455 e. The largest absolute Gasteiger partial charge is 0.455 e. The van der Waals surface area contributed by atoms with Gasteiger partial charge in [-0.3, -0.25) is 0 Å². The summed E-state index contributed by atoms with van der Waals surface area (Å²) in [4.78, 5) is 11.4. The highest BCUT2D eigenvalue weighted by Crippen LogP contribution is 2.23. The zero-order chi connectivity index (χ0) is 16.2. The van der Waals surface area contributed by atoms with E-state index in [1.807, 2.05) is 18.2 Å². The zero-order valence-electron chi connectivity index (χ0n) is 12.6. The summed E-state index contributed by atoms with van der Waals surface area (Å²) in [5.74, 6) is 1.20. The number of benzene rings is 1. The van der Waals surface area contributed by atoms with E-state index in [0.29, 0.717) is 16.5 Å². The van der Waals surface area contributed by atoms with Crippen molar-refractivity contribution in [2.75, 3.05) is 0 Å². The van der Waals surface area contributed by atoms with Crippen LogP contribution < -0.4 is 5.43 Å². The highest BCUT2D eigenvalue weighted by atomic mass is 35.5. The molecular formula is C16H17ClN2O3. The summed E-state index contributed by atoms with van der Waals surface area (Å²) in [6.45, 7) is 5.34. The minimum absolute atomic E-state index is 0.515. The van der Waals surface area contributed by atoms with E-state index < -0.39 is 11.7 Å². The van der Waals surface area contributed by atoms with Crippen LogP contribution in [0, 0.1) is 0 Å². The molecule has 0 atom stereocenters. The molecule has 1 aromatic heterocycles. The second-order valence-corrected chi connectivity index (χ2v) is 6.02. The van der Waals surface area contributed by atoms with Gasteiger partial charge < -0.3 is 9.15 Å². The molecule has 0 spiro atoms. The molecule has 6 heteroatoms. The first kappa shape index (κ1) is 16.1. The van der Waals surface area contributed by atoms with E-state index in [9.17, 15) is 4.79 Å². The fourth-order valence-corrected chi connectivity index (χ4v) is 1.77. The number of furan rings is 1. The van der Waals surface area contributed by atoms with Gasteiger partial charge in [-0.05, 0) is 57.2 Å². The predicted octanol–water partition coefficient (Wildman–Crippen LogP) is 4.46. The number of ether oxygens (including phenoxy) is 1. The van der Waals surface area contributed by atoms with Crippen LogP contribution in [0.5, 0.6) is 0 Å². The Bertz CT molecular complexity index is 669. The number of nitrogens with one attached hydrogen (secondary N) is 1. The molecule has 0 aliphatic carbocycles. The summed E-state index contributed by atoms with van der Waals surface area (Å²) < 4.78 is 10.7. The molecule has 0 fully saturated rings. The van der Waals surface area contributed by atoms with Gasteiger partial charge in [0.05, 0.1) is 6.21 Å². The number of carbonyl (C=O) groups is 1. The summed E-state index contributed by atoms with van der Waals surface area (Å²) >= 11 is 5.84. The molecule has 0 saturated heterocycles. The number of rotatable bonds is 3. The smallest absolute Gasteiger partial charge is 0.428 e. The average molecular weight is 321 g/mol. The molecule has 2 rings (SSSR count). The van der Waals surface area contributed by atoms with Crippen molar-refractivity contribution >= 4 is 23.9 Å². The quantitative estimate of drug-likeness (QED) is 0.671. The van der Waals surface area contributed by atoms with Crippen LogP contribution in [0.1, 0.15) is 26.5 Å². The molecule has 22 heavy (non-hydrogen) atoms. The van der Waals surface area contributed by atoms with Crippen LogP contribution in [-0.2, 0) is 4.74 Å². The van der Waals surface area contributed by atoms with Crippen LogP contribution >= 0.6 is 11.6 Å². The molecule has 0 aliphatic rings. The van der Waals surface area contributed by atoms with E-state index in [-0.39, 0.29) is 0 Å². The maximum Gasteiger partial charge on any atom is 0.428 e. The molecule has 0 unspecified atom stereocenters. The molecule has 5 nitrogen and oxygen atoms in total. The first-order valence-electron chi connectivity index (χ1n) is 6.71. The fourth-order valence-electron chi connectivity index (χ4n) is 1.64. The third kappa shape index (κ3) is 4.93. The Hall–Kier alpha value is -2.27. The van der Waals surface area contributed by atoms with Gasteiger partial charge >= 0.3 is 6.09 Å². The second kappa shape index (κ2) is 6.66. The maximum absolute atomic E-state index is 11.4. The minimum atomic E-state index is -0.617. The number of halogens is 1. The Morgan fingerprint density at radius 1 is 1.23 bits per heavy atom. The lowest BCUT2D eigenvalue weighted by Gasteiger charge is -2.18. The van der Waals surface area contributed by atoms with Crippen molar-refractivity contribution in [3.63, 3.8) is 0 Å². The SMILES string of the molecule is CC(C)(C)OC(=O)NN=Cc1ccc(-c2ccc(Cl)cc2)o1. The molecule has 0 radical (unpaired) electrons. The van der Waals surface area contributed by atoms with Crippen molar-refractivity contribution in [2.45, 2.75) is 26.4 Å². The zero-order valence-corrected chi connectivity index (χ0v) is 13.3. The van der Waals surface area contributed by atoms with E-state index in [2.05, 4.69) is 10.5 Å². The Kier molecular flexibility index (Phi) is 4.88. The van der Waals surface area contributed by atoms with Crippen LogP contribution in [0.25, 0.3) is 11.3 Å². The molecule has 1 aromatic carbocycles. The predicted molar refractivity (Wildman–Crippen MR) is 86.1 cm³/mol. The van der Waals surface area contributed by atoms with Crippen LogP contribution in [0.2, 0.25) is 5.02 Å². The summed E-state index contributed by atoms with van der Waals surface area (Å²) in [5, 5.41) is 4.45. The van der Waals surface area contributed by atoms with Gasteiger partial charge in [0.15, 0.2) is 0 Å². The Morgan fingerprint density at radius 2 is 1.91 bits per heavy atom. The number of amides is 1. The molecule has 0 bridgehead atoms. The van der Waals surface area contributed by atoms with Crippen molar-refractivity contribution < 1.29 is 13.9 Å². The Balaban J connectivity index is 1.96. The fraction of sp³-hybridized carbons (Fsp3) is 0.250. The maximum atomic E-state index is 11.4. The number of hydrazone groups is 1. The Labute approximate surface area is 133 Å². The first-order chi connectivity index (χ1) is 10.3. The lowest BCUT2D eigenvalue weighted by atomic mass is 10.2. The van der Waals surface area contributed by atoms with Gasteiger partial charge in [0.2, 0.25) is 0 Å². The van der Waals surface area contributed by atoms with Crippen molar-refractivity contribution in [3.05, 3.63) is 47.2 Å². The molecule has 116 valence electrons. The molecule has 2 aromatic rings. The second-order valence-electron chi connectivity index (χ2n) is 5.58. The van der Waals surface area contributed by atoms with Crippen LogP contribution in [0.4, 0.5) is 4.79 Å². The third-order valence-electron chi connectivity index (χ3n) is 2.50. The summed E-state index contributed by atoms with van der Waals surface area (Å²) in [6.07, 6.45) is 0.789. The van der Waals surface area contributed by atoms with Crippen molar-refractivity contribution in [3.8, 4) is 11.3 Å². The highest BCUT2D eigenvalue weighted by Gasteiger charge is 2.15. The first-order valence-corrected chi connectivity index (χ1v) is 7.09. The van der Waals surface area contributed by atoms with E-state index in [1.165, 1.54) is 6.21 Å². The summed E-state index contributed by atoms with van der Waals surface area (Å²) in [5.41, 5.74) is 2.62. The normalized spacial score (nSPS) is 11.6. The number of hydrogen-bond acceptors (Lipinski definition) is 4. The highest BCUT2D eigenvalue weighted by molar-refractivity contribution is 6.30.